The van der Waals surface area contributed by atoms with E-state index in [2.05, 4.69) is 15.5 Å². The van der Waals surface area contributed by atoms with Crippen LogP contribution in [0, 0.1) is 6.92 Å². The molecule has 0 saturated carbocycles. The van der Waals surface area contributed by atoms with Crippen LogP contribution in [0.2, 0.25) is 0 Å². The molecule has 0 unspecified atom stereocenters. The molecule has 0 radical (unpaired) electrons. The highest BCUT2D eigenvalue weighted by Gasteiger charge is 2.17. The number of nitrogens with one attached hydrogen (secondary N) is 1. The average Bonchev–Trinajstić information content (AvgIpc) is 3.30. The van der Waals surface area contributed by atoms with Crippen molar-refractivity contribution in [2.45, 2.75) is 12.1 Å². The molecule has 0 aliphatic heterocycles. The summed E-state index contributed by atoms with van der Waals surface area (Å²) in [4.78, 5) is 12.4. The number of hydrogen-bond donors (Lipinski definition) is 1. The Kier molecular flexibility index (Phi) is 7.83. The van der Waals surface area contributed by atoms with E-state index in [0.29, 0.717) is 24.1 Å². The lowest BCUT2D eigenvalue weighted by Crippen LogP contribution is -2.29. The van der Waals surface area contributed by atoms with E-state index in [4.69, 9.17) is 9.47 Å². The molecular formula is C26H26N4O3S. The fraction of sp³-hybridized carbons (Fsp3) is 0.192. The van der Waals surface area contributed by atoms with E-state index in [9.17, 15) is 4.79 Å². The van der Waals surface area contributed by atoms with Crippen molar-refractivity contribution in [3.05, 3.63) is 84.4 Å². The van der Waals surface area contributed by atoms with Gasteiger partial charge in [0.25, 0.3) is 0 Å². The van der Waals surface area contributed by atoms with Crippen molar-refractivity contribution < 1.29 is 14.3 Å². The van der Waals surface area contributed by atoms with Crippen LogP contribution in [0.1, 0.15) is 5.56 Å². The van der Waals surface area contributed by atoms with E-state index in [1.807, 2.05) is 90.4 Å². The smallest absolute Gasteiger partial charge is 0.230 e. The van der Waals surface area contributed by atoms with Crippen LogP contribution >= 0.6 is 11.8 Å². The van der Waals surface area contributed by atoms with Crippen molar-refractivity contribution in [2.75, 3.05) is 26.0 Å². The van der Waals surface area contributed by atoms with Crippen LogP contribution in [0.15, 0.2) is 84.0 Å². The summed E-state index contributed by atoms with van der Waals surface area (Å²) in [7, 11) is 1.63. The van der Waals surface area contributed by atoms with Gasteiger partial charge >= 0.3 is 0 Å². The van der Waals surface area contributed by atoms with E-state index >= 15 is 0 Å². The summed E-state index contributed by atoms with van der Waals surface area (Å²) in [5.74, 6) is 2.34. The molecule has 0 spiro atoms. The molecule has 4 rings (SSSR count). The van der Waals surface area contributed by atoms with Gasteiger partial charge in [0, 0.05) is 11.3 Å². The van der Waals surface area contributed by atoms with Gasteiger partial charge in [0.05, 0.1) is 19.4 Å². The second kappa shape index (κ2) is 11.4. The number of carbonyl (C=O) groups is 1. The molecule has 0 bridgehead atoms. The molecule has 1 heterocycles. The van der Waals surface area contributed by atoms with E-state index in [0.717, 1.165) is 28.3 Å². The number of ether oxygens (including phenoxy) is 2. The van der Waals surface area contributed by atoms with Crippen LogP contribution in [0.25, 0.3) is 17.1 Å². The molecule has 0 saturated heterocycles. The van der Waals surface area contributed by atoms with Gasteiger partial charge in [-0.05, 0) is 48.9 Å². The lowest BCUT2D eigenvalue weighted by Gasteiger charge is -2.11. The highest BCUT2D eigenvalue weighted by Crippen LogP contribution is 2.29. The van der Waals surface area contributed by atoms with Crippen molar-refractivity contribution in [1.82, 2.24) is 20.1 Å². The van der Waals surface area contributed by atoms with Gasteiger partial charge < -0.3 is 14.8 Å². The molecule has 4 aromatic rings. The Morgan fingerprint density at radius 1 is 0.971 bits per heavy atom. The summed E-state index contributed by atoms with van der Waals surface area (Å²) in [6.45, 7) is 2.84. The fourth-order valence-electron chi connectivity index (χ4n) is 3.37. The molecule has 0 aliphatic rings. The van der Waals surface area contributed by atoms with Gasteiger partial charge in [-0.15, -0.1) is 10.2 Å². The number of aromatic nitrogens is 3. The van der Waals surface area contributed by atoms with E-state index in [1.54, 1.807) is 7.11 Å². The fourth-order valence-corrected chi connectivity index (χ4v) is 4.15. The number of carbonyl (C=O) groups excluding carboxylic acids is 1. The van der Waals surface area contributed by atoms with Gasteiger partial charge in [-0.1, -0.05) is 54.2 Å². The van der Waals surface area contributed by atoms with Crippen molar-refractivity contribution in [1.29, 1.82) is 0 Å². The first-order chi connectivity index (χ1) is 16.6. The second-order valence-electron chi connectivity index (χ2n) is 7.51. The standard InChI is InChI=1S/C26H26N4O3S/c1-19-8-6-13-23(16-19)33-15-14-27-24(31)18-34-26-29-28-25(20-9-7-12-22(17-20)32-2)30(26)21-10-4-3-5-11-21/h3-13,16-17H,14-15,18H2,1-2H3,(H,27,31). The maximum atomic E-state index is 12.4. The average molecular weight is 475 g/mol. The van der Waals surface area contributed by atoms with Crippen molar-refractivity contribution >= 4 is 17.7 Å². The zero-order valence-corrected chi connectivity index (χ0v) is 19.9. The number of rotatable bonds is 10. The second-order valence-corrected chi connectivity index (χ2v) is 8.46. The Morgan fingerprint density at radius 3 is 2.56 bits per heavy atom. The van der Waals surface area contributed by atoms with Gasteiger partial charge in [0.15, 0.2) is 11.0 Å². The Hall–Kier alpha value is -3.78. The summed E-state index contributed by atoms with van der Waals surface area (Å²) < 4.78 is 13.0. The monoisotopic (exact) mass is 474 g/mol. The Morgan fingerprint density at radius 2 is 1.76 bits per heavy atom. The molecule has 34 heavy (non-hydrogen) atoms. The number of aryl methyl sites for hydroxylation is 1. The molecule has 0 aliphatic carbocycles. The molecular weight excluding hydrogens is 448 g/mol. The maximum Gasteiger partial charge on any atom is 0.230 e. The molecule has 3 aromatic carbocycles. The number of amides is 1. The largest absolute Gasteiger partial charge is 0.497 e. The number of methoxy groups -OCH3 is 1. The minimum Gasteiger partial charge on any atom is -0.497 e. The van der Waals surface area contributed by atoms with Crippen LogP contribution < -0.4 is 14.8 Å². The van der Waals surface area contributed by atoms with Gasteiger partial charge in [-0.25, -0.2) is 0 Å². The van der Waals surface area contributed by atoms with E-state index in [1.165, 1.54) is 11.8 Å². The lowest BCUT2D eigenvalue weighted by molar-refractivity contribution is -0.118. The van der Waals surface area contributed by atoms with Crippen molar-refractivity contribution in [3.8, 4) is 28.6 Å². The molecule has 0 atom stereocenters. The minimum absolute atomic E-state index is 0.0941. The third kappa shape index (κ3) is 5.96. The quantitative estimate of drug-likeness (QED) is 0.269. The molecule has 0 fully saturated rings. The third-order valence-corrected chi connectivity index (χ3v) is 5.92. The highest BCUT2D eigenvalue weighted by atomic mass is 32.2. The Balaban J connectivity index is 1.41. The first kappa shape index (κ1) is 23.4. The molecule has 7 nitrogen and oxygen atoms in total. The molecule has 1 amide bonds. The first-order valence-electron chi connectivity index (χ1n) is 10.9. The summed E-state index contributed by atoms with van der Waals surface area (Å²) in [5.41, 5.74) is 2.92. The van der Waals surface area contributed by atoms with Crippen LogP contribution in [0.5, 0.6) is 11.5 Å². The van der Waals surface area contributed by atoms with Crippen molar-refractivity contribution in [2.24, 2.45) is 0 Å². The third-order valence-electron chi connectivity index (χ3n) is 4.99. The first-order valence-corrected chi connectivity index (χ1v) is 11.9. The Bertz CT molecular complexity index is 1240. The number of hydrogen-bond acceptors (Lipinski definition) is 6. The molecule has 8 heteroatoms. The summed E-state index contributed by atoms with van der Waals surface area (Å²) in [6, 6.07) is 25.3. The van der Waals surface area contributed by atoms with Crippen LogP contribution in [0.3, 0.4) is 0 Å². The topological polar surface area (TPSA) is 78.3 Å². The van der Waals surface area contributed by atoms with Crippen LogP contribution in [-0.2, 0) is 4.79 Å². The van der Waals surface area contributed by atoms with E-state index < -0.39 is 0 Å². The van der Waals surface area contributed by atoms with Gasteiger partial charge in [0.1, 0.15) is 18.1 Å². The predicted octanol–water partition coefficient (Wildman–Crippen LogP) is 4.54. The SMILES string of the molecule is COc1cccc(-c2nnc(SCC(=O)NCCOc3cccc(C)c3)n2-c2ccccc2)c1. The zero-order valence-electron chi connectivity index (χ0n) is 19.1. The number of benzene rings is 3. The number of para-hydroxylation sites is 1. The van der Waals surface area contributed by atoms with Crippen LogP contribution in [-0.4, -0.2) is 46.7 Å². The van der Waals surface area contributed by atoms with Gasteiger partial charge in [-0.2, -0.15) is 0 Å². The number of thioether (sulfide) groups is 1. The Labute approximate surface area is 203 Å². The van der Waals surface area contributed by atoms with Crippen LogP contribution in [0.4, 0.5) is 0 Å². The van der Waals surface area contributed by atoms with Crippen molar-refractivity contribution in [3.63, 3.8) is 0 Å². The van der Waals surface area contributed by atoms with Gasteiger partial charge in [-0.3, -0.25) is 9.36 Å². The zero-order chi connectivity index (χ0) is 23.8. The van der Waals surface area contributed by atoms with Gasteiger partial charge in [0.2, 0.25) is 5.91 Å². The maximum absolute atomic E-state index is 12.4. The number of nitrogens with zero attached hydrogens (tertiary/aromatic N) is 3. The summed E-state index contributed by atoms with van der Waals surface area (Å²) >= 11 is 1.34. The summed E-state index contributed by atoms with van der Waals surface area (Å²) in [6.07, 6.45) is 0. The highest BCUT2D eigenvalue weighted by molar-refractivity contribution is 7.99. The lowest BCUT2D eigenvalue weighted by atomic mass is 10.2. The minimum atomic E-state index is -0.0941. The molecule has 1 N–H and O–H groups in total. The summed E-state index contributed by atoms with van der Waals surface area (Å²) in [5, 5.41) is 12.3. The normalized spacial score (nSPS) is 10.6. The molecule has 174 valence electrons. The van der Waals surface area contributed by atoms with E-state index in [-0.39, 0.29) is 11.7 Å². The predicted molar refractivity (Wildman–Crippen MR) is 134 cm³/mol. The molecule has 1 aromatic heterocycles.